The fraction of sp³-hybridized carbons (Fsp3) is 0.333. The van der Waals surface area contributed by atoms with Crippen LogP contribution < -0.4 is 0 Å². The minimum absolute atomic E-state index is 0.0818. The Labute approximate surface area is 131 Å². The number of hydrogen-bond donors (Lipinski definition) is 0. The lowest BCUT2D eigenvalue weighted by molar-refractivity contribution is 0.399. The van der Waals surface area contributed by atoms with Gasteiger partial charge in [0.1, 0.15) is 6.10 Å². The van der Waals surface area contributed by atoms with Crippen molar-refractivity contribution in [3.63, 3.8) is 0 Å². The molecule has 2 atom stereocenters. The minimum Gasteiger partial charge on any atom is -0.347 e. The molecule has 2 aromatic rings. The quantitative estimate of drug-likeness (QED) is 0.808. The molecule has 0 amide bonds. The van der Waals surface area contributed by atoms with Crippen molar-refractivity contribution in [3.8, 4) is 0 Å². The van der Waals surface area contributed by atoms with Crippen LogP contribution in [0, 0.1) is 0 Å². The van der Waals surface area contributed by atoms with Gasteiger partial charge in [0.15, 0.2) is 5.44 Å². The number of epoxide rings is 1. The maximum Gasteiger partial charge on any atom is 0.208 e. The smallest absolute Gasteiger partial charge is 0.208 e. The van der Waals surface area contributed by atoms with Crippen molar-refractivity contribution in [1.82, 2.24) is 0 Å². The Bertz CT molecular complexity index is 756. The summed E-state index contributed by atoms with van der Waals surface area (Å²) in [5, 5.41) is 0. The second-order valence-electron chi connectivity index (χ2n) is 6.66. The predicted molar refractivity (Wildman–Crippen MR) is 86.4 cm³/mol. The van der Waals surface area contributed by atoms with Crippen LogP contribution >= 0.6 is 0 Å². The molecule has 0 spiro atoms. The SMILES string of the molecule is CC(C)(C)c1ccc([C@H]2O[C@@H]2S(=O)(=O)c2ccccc2)cc1. The second-order valence-corrected chi connectivity index (χ2v) is 8.68. The van der Waals surface area contributed by atoms with Crippen LogP contribution in [0.2, 0.25) is 0 Å². The van der Waals surface area contributed by atoms with E-state index in [1.54, 1.807) is 30.3 Å². The number of sulfone groups is 1. The van der Waals surface area contributed by atoms with Crippen molar-refractivity contribution in [2.24, 2.45) is 0 Å². The molecule has 0 radical (unpaired) electrons. The van der Waals surface area contributed by atoms with Crippen molar-refractivity contribution < 1.29 is 13.2 Å². The van der Waals surface area contributed by atoms with E-state index in [1.165, 1.54) is 5.56 Å². The fourth-order valence-electron chi connectivity index (χ4n) is 2.49. The molecule has 0 aliphatic carbocycles. The van der Waals surface area contributed by atoms with E-state index in [1.807, 2.05) is 24.3 Å². The van der Waals surface area contributed by atoms with E-state index in [-0.39, 0.29) is 11.5 Å². The maximum absolute atomic E-state index is 12.5. The highest BCUT2D eigenvalue weighted by Gasteiger charge is 2.50. The molecule has 116 valence electrons. The van der Waals surface area contributed by atoms with Gasteiger partial charge in [-0.2, -0.15) is 0 Å². The summed E-state index contributed by atoms with van der Waals surface area (Å²) in [5.74, 6) is 0. The first kappa shape index (κ1) is 15.3. The van der Waals surface area contributed by atoms with Gasteiger partial charge in [-0.15, -0.1) is 0 Å². The summed E-state index contributed by atoms with van der Waals surface area (Å²) in [5.41, 5.74) is 1.45. The van der Waals surface area contributed by atoms with Crippen LogP contribution in [0.25, 0.3) is 0 Å². The highest BCUT2D eigenvalue weighted by molar-refractivity contribution is 7.92. The molecular formula is C18H20O3S. The van der Waals surface area contributed by atoms with Gasteiger partial charge in [-0.25, -0.2) is 8.42 Å². The zero-order valence-corrected chi connectivity index (χ0v) is 13.8. The Morgan fingerprint density at radius 3 is 2.05 bits per heavy atom. The molecule has 2 aromatic carbocycles. The third-order valence-electron chi connectivity index (χ3n) is 3.93. The molecule has 1 heterocycles. The molecular weight excluding hydrogens is 296 g/mol. The van der Waals surface area contributed by atoms with Gasteiger partial charge in [0.05, 0.1) is 4.90 Å². The average Bonchev–Trinajstić information content (AvgIpc) is 3.29. The fourth-order valence-corrected chi connectivity index (χ4v) is 4.04. The molecule has 0 saturated carbocycles. The molecule has 1 fully saturated rings. The lowest BCUT2D eigenvalue weighted by Gasteiger charge is -2.18. The Kier molecular flexibility index (Phi) is 3.62. The van der Waals surface area contributed by atoms with Crippen LogP contribution in [0.1, 0.15) is 38.0 Å². The lowest BCUT2D eigenvalue weighted by Crippen LogP contribution is -2.11. The van der Waals surface area contributed by atoms with E-state index >= 15 is 0 Å². The van der Waals surface area contributed by atoms with Crippen LogP contribution in [0.4, 0.5) is 0 Å². The lowest BCUT2D eigenvalue weighted by atomic mass is 9.86. The first-order valence-electron chi connectivity index (χ1n) is 7.35. The second kappa shape index (κ2) is 5.21. The van der Waals surface area contributed by atoms with E-state index in [4.69, 9.17) is 4.74 Å². The van der Waals surface area contributed by atoms with Gasteiger partial charge in [0.25, 0.3) is 0 Å². The van der Waals surface area contributed by atoms with Crippen molar-refractivity contribution in [2.75, 3.05) is 0 Å². The van der Waals surface area contributed by atoms with Gasteiger partial charge in [0, 0.05) is 0 Å². The third kappa shape index (κ3) is 2.81. The van der Waals surface area contributed by atoms with Crippen molar-refractivity contribution in [3.05, 3.63) is 65.7 Å². The van der Waals surface area contributed by atoms with Crippen LogP contribution in [0.5, 0.6) is 0 Å². The summed E-state index contributed by atoms with van der Waals surface area (Å²) in [6, 6.07) is 16.5. The topological polar surface area (TPSA) is 46.7 Å². The van der Waals surface area contributed by atoms with Gasteiger partial charge in [-0.3, -0.25) is 0 Å². The largest absolute Gasteiger partial charge is 0.347 e. The van der Waals surface area contributed by atoms with Crippen LogP contribution in [0.15, 0.2) is 59.5 Å². The molecule has 1 saturated heterocycles. The standard InChI is InChI=1S/C18H20O3S/c1-18(2,3)14-11-9-13(10-12-14)16-17(21-16)22(19,20)15-7-5-4-6-8-15/h4-12,16-17H,1-3H3/t16-,17-/m1/s1. The van der Waals surface area contributed by atoms with Gasteiger partial charge in [0.2, 0.25) is 9.84 Å². The number of rotatable bonds is 3. The van der Waals surface area contributed by atoms with E-state index in [2.05, 4.69) is 20.8 Å². The predicted octanol–water partition coefficient (Wildman–Crippen LogP) is 3.86. The summed E-state index contributed by atoms with van der Waals surface area (Å²) in [6.07, 6.45) is -0.362. The Hall–Kier alpha value is -1.65. The third-order valence-corrected chi connectivity index (χ3v) is 5.83. The average molecular weight is 316 g/mol. The zero-order chi connectivity index (χ0) is 16.0. The van der Waals surface area contributed by atoms with Crippen LogP contribution in [0.3, 0.4) is 0 Å². The van der Waals surface area contributed by atoms with Gasteiger partial charge in [-0.1, -0.05) is 63.2 Å². The maximum atomic E-state index is 12.5. The van der Waals surface area contributed by atoms with Gasteiger partial charge in [-0.05, 0) is 28.7 Å². The Morgan fingerprint density at radius 2 is 1.50 bits per heavy atom. The first-order chi connectivity index (χ1) is 10.3. The molecule has 0 N–H and O–H groups in total. The molecule has 0 bridgehead atoms. The summed E-state index contributed by atoms with van der Waals surface area (Å²) < 4.78 is 30.4. The Morgan fingerprint density at radius 1 is 0.909 bits per heavy atom. The molecule has 22 heavy (non-hydrogen) atoms. The summed E-state index contributed by atoms with van der Waals surface area (Å²) in [4.78, 5) is 0.314. The van der Waals surface area contributed by atoms with E-state index in [9.17, 15) is 8.42 Å². The number of ether oxygens (including phenoxy) is 1. The monoisotopic (exact) mass is 316 g/mol. The molecule has 4 heteroatoms. The molecule has 3 rings (SSSR count). The Balaban J connectivity index is 1.80. The van der Waals surface area contributed by atoms with Crippen molar-refractivity contribution in [1.29, 1.82) is 0 Å². The molecule has 0 aromatic heterocycles. The van der Waals surface area contributed by atoms with Crippen LogP contribution in [-0.2, 0) is 20.0 Å². The molecule has 1 aliphatic rings. The van der Waals surface area contributed by atoms with Crippen molar-refractivity contribution in [2.45, 2.75) is 42.6 Å². The molecule has 0 unspecified atom stereocenters. The summed E-state index contributed by atoms with van der Waals surface area (Å²) in [7, 11) is -3.42. The van der Waals surface area contributed by atoms with Crippen LogP contribution in [-0.4, -0.2) is 13.9 Å². The molecule has 1 aliphatic heterocycles. The minimum atomic E-state index is -3.42. The highest BCUT2D eigenvalue weighted by atomic mass is 32.2. The van der Waals surface area contributed by atoms with Gasteiger partial charge < -0.3 is 4.74 Å². The number of benzene rings is 2. The summed E-state index contributed by atoms with van der Waals surface area (Å²) >= 11 is 0. The zero-order valence-electron chi connectivity index (χ0n) is 13.0. The number of hydrogen-bond acceptors (Lipinski definition) is 3. The molecule has 3 nitrogen and oxygen atoms in total. The van der Waals surface area contributed by atoms with Crippen molar-refractivity contribution >= 4 is 9.84 Å². The normalized spacial score (nSPS) is 21.6. The van der Waals surface area contributed by atoms with E-state index in [0.717, 1.165) is 5.56 Å². The highest BCUT2D eigenvalue weighted by Crippen LogP contribution is 2.44. The van der Waals surface area contributed by atoms with E-state index < -0.39 is 15.3 Å². The first-order valence-corrected chi connectivity index (χ1v) is 8.89. The summed E-state index contributed by atoms with van der Waals surface area (Å²) in [6.45, 7) is 6.45. The van der Waals surface area contributed by atoms with E-state index in [0.29, 0.717) is 4.90 Å². The van der Waals surface area contributed by atoms with Gasteiger partial charge >= 0.3 is 0 Å².